The summed E-state index contributed by atoms with van der Waals surface area (Å²) in [4.78, 5) is 18.4. The molecule has 3 N–H and O–H groups in total. The molecule has 6 nitrogen and oxygen atoms in total. The van der Waals surface area contributed by atoms with Crippen molar-refractivity contribution in [3.05, 3.63) is 15.8 Å². The lowest BCUT2D eigenvalue weighted by atomic mass is 10.4. The molecule has 0 aliphatic heterocycles. The summed E-state index contributed by atoms with van der Waals surface area (Å²) in [5, 5.41) is 0. The van der Waals surface area contributed by atoms with Gasteiger partial charge in [0.1, 0.15) is 6.61 Å². The number of nitrogens with two attached hydrogens (primary N) is 1. The van der Waals surface area contributed by atoms with Crippen LogP contribution in [0.3, 0.4) is 0 Å². The van der Waals surface area contributed by atoms with Crippen LogP contribution in [0.15, 0.2) is 11.0 Å². The van der Waals surface area contributed by atoms with Crippen molar-refractivity contribution in [1.82, 2.24) is 4.89 Å². The highest BCUT2D eigenvalue weighted by Crippen LogP contribution is 2.24. The fraction of sp³-hybridized carbons (Fsp3) is 0.375. The van der Waals surface area contributed by atoms with E-state index in [2.05, 4.69) is 4.84 Å². The molecule has 0 bridgehead atoms. The molecule has 1 amide bonds. The molecule has 0 fully saturated rings. The zero-order chi connectivity index (χ0) is 12.3. The van der Waals surface area contributed by atoms with Crippen LogP contribution in [0.2, 0.25) is 0 Å². The normalized spacial score (nSPS) is 11.6. The van der Waals surface area contributed by atoms with E-state index in [1.54, 1.807) is 13.8 Å². The number of hydrogen-bond acceptors (Lipinski definition) is 5. The van der Waals surface area contributed by atoms with Gasteiger partial charge in [-0.1, -0.05) is 4.89 Å². The maximum absolute atomic E-state index is 11.7. The van der Waals surface area contributed by atoms with Gasteiger partial charge in [-0.05, 0) is 19.9 Å². The monoisotopic (exact) mass is 264 g/mol. The molecule has 8 heteroatoms. The molecule has 1 rings (SSSR count). The number of nitrogens with one attached hydrogen (secondary N) is 1. The lowest BCUT2D eigenvalue weighted by Crippen LogP contribution is -2.29. The zero-order valence-electron chi connectivity index (χ0n) is 8.81. The Bertz CT molecular complexity index is 492. The molecule has 90 valence electrons. The van der Waals surface area contributed by atoms with Crippen molar-refractivity contribution in [3.63, 3.8) is 0 Å². The van der Waals surface area contributed by atoms with Gasteiger partial charge in [-0.2, -0.15) is 0 Å². The predicted molar refractivity (Wildman–Crippen MR) is 59.3 cm³/mol. The fourth-order valence-electron chi connectivity index (χ4n) is 1.10. The van der Waals surface area contributed by atoms with Crippen LogP contribution >= 0.6 is 11.3 Å². The number of carbonyl (C=O) groups excluding carboxylic acids is 1. The molecule has 0 saturated heterocycles. The summed E-state index contributed by atoms with van der Waals surface area (Å²) in [6.45, 7) is 3.00. The average molecular weight is 264 g/mol. The van der Waals surface area contributed by atoms with Crippen LogP contribution in [-0.4, -0.2) is 20.9 Å². The highest BCUT2D eigenvalue weighted by atomic mass is 32.2. The van der Waals surface area contributed by atoms with Crippen LogP contribution in [0.1, 0.15) is 9.75 Å². The molecule has 0 saturated carbocycles. The van der Waals surface area contributed by atoms with E-state index in [0.717, 1.165) is 4.88 Å². The lowest BCUT2D eigenvalue weighted by molar-refractivity contribution is -0.123. The third kappa shape index (κ3) is 3.27. The standard InChI is InChI=1S/C8H12N2O4S2/c1-5-3-7(6(2)15-5)16(12,13)10-14-4-8(9)11/h3,10H,4H2,1-2H3,(H2,9,11). The Kier molecular flexibility index (Phi) is 4.03. The second-order valence-corrected chi connectivity index (χ2v) is 6.19. The Labute approximate surface area is 97.4 Å². The number of amides is 1. The third-order valence-corrected chi connectivity index (χ3v) is 4.10. The zero-order valence-corrected chi connectivity index (χ0v) is 10.4. The molecule has 0 aliphatic carbocycles. The maximum Gasteiger partial charge on any atom is 0.263 e. The molecule has 16 heavy (non-hydrogen) atoms. The Hall–Kier alpha value is -0.960. The topological polar surface area (TPSA) is 98.5 Å². The van der Waals surface area contributed by atoms with E-state index in [0.29, 0.717) is 4.88 Å². The first-order chi connectivity index (χ1) is 7.33. The summed E-state index contributed by atoms with van der Waals surface area (Å²) in [5.74, 6) is -0.749. The lowest BCUT2D eigenvalue weighted by Gasteiger charge is -2.04. The van der Waals surface area contributed by atoms with E-state index in [4.69, 9.17) is 5.73 Å². The van der Waals surface area contributed by atoms with Gasteiger partial charge < -0.3 is 5.73 Å². The molecule has 0 aliphatic rings. The molecule has 0 aromatic carbocycles. The number of aryl methyl sites for hydroxylation is 2. The van der Waals surface area contributed by atoms with Gasteiger partial charge in [0.25, 0.3) is 10.0 Å². The quantitative estimate of drug-likeness (QED) is 0.735. The van der Waals surface area contributed by atoms with E-state index in [9.17, 15) is 13.2 Å². The predicted octanol–water partition coefficient (Wildman–Crippen LogP) is 0.0601. The van der Waals surface area contributed by atoms with Crippen molar-refractivity contribution in [2.24, 2.45) is 5.73 Å². The van der Waals surface area contributed by atoms with E-state index in [1.165, 1.54) is 17.4 Å². The second-order valence-electron chi connectivity index (χ2n) is 3.12. The first-order valence-corrected chi connectivity index (χ1v) is 6.62. The first kappa shape index (κ1) is 13.1. The molecule has 1 aromatic heterocycles. The highest BCUT2D eigenvalue weighted by molar-refractivity contribution is 7.89. The van der Waals surface area contributed by atoms with Gasteiger partial charge in [-0.15, -0.1) is 11.3 Å². The largest absolute Gasteiger partial charge is 0.368 e. The number of primary amides is 1. The number of carbonyl (C=O) groups is 1. The van der Waals surface area contributed by atoms with Gasteiger partial charge in [0, 0.05) is 9.75 Å². The summed E-state index contributed by atoms with van der Waals surface area (Å²) in [6.07, 6.45) is 0. The van der Waals surface area contributed by atoms with Crippen LogP contribution in [0, 0.1) is 13.8 Å². The summed E-state index contributed by atoms with van der Waals surface area (Å²) < 4.78 is 23.3. The molecule has 1 heterocycles. The number of hydrogen-bond donors (Lipinski definition) is 2. The summed E-state index contributed by atoms with van der Waals surface area (Å²) >= 11 is 1.37. The highest BCUT2D eigenvalue weighted by Gasteiger charge is 2.19. The van der Waals surface area contributed by atoms with Gasteiger partial charge in [0.05, 0.1) is 4.90 Å². The molecular weight excluding hydrogens is 252 g/mol. The van der Waals surface area contributed by atoms with Crippen LogP contribution in [0.5, 0.6) is 0 Å². The van der Waals surface area contributed by atoms with Crippen molar-refractivity contribution in [2.45, 2.75) is 18.7 Å². The Morgan fingerprint density at radius 3 is 2.62 bits per heavy atom. The summed E-state index contributed by atoms with van der Waals surface area (Å²) in [7, 11) is -3.74. The van der Waals surface area contributed by atoms with Gasteiger partial charge in [-0.3, -0.25) is 9.63 Å². The van der Waals surface area contributed by atoms with Gasteiger partial charge in [-0.25, -0.2) is 8.42 Å². The van der Waals surface area contributed by atoms with E-state index < -0.39 is 22.5 Å². The van der Waals surface area contributed by atoms with E-state index in [-0.39, 0.29) is 4.90 Å². The van der Waals surface area contributed by atoms with Crippen molar-refractivity contribution in [3.8, 4) is 0 Å². The molecular formula is C8H12N2O4S2. The first-order valence-electron chi connectivity index (χ1n) is 4.32. The minimum absolute atomic E-state index is 0.152. The average Bonchev–Trinajstić information content (AvgIpc) is 2.44. The van der Waals surface area contributed by atoms with E-state index >= 15 is 0 Å². The smallest absolute Gasteiger partial charge is 0.263 e. The SMILES string of the molecule is Cc1cc(S(=O)(=O)NOCC(N)=O)c(C)s1. The molecule has 0 spiro atoms. The summed E-state index contributed by atoms with van der Waals surface area (Å²) in [6, 6.07) is 1.54. The van der Waals surface area contributed by atoms with Gasteiger partial charge in [0.15, 0.2) is 0 Å². The molecule has 0 unspecified atom stereocenters. The molecule has 0 radical (unpaired) electrons. The Morgan fingerprint density at radius 1 is 1.56 bits per heavy atom. The van der Waals surface area contributed by atoms with Crippen LogP contribution in [0.25, 0.3) is 0 Å². The number of sulfonamides is 1. The van der Waals surface area contributed by atoms with Crippen molar-refractivity contribution in [2.75, 3.05) is 6.61 Å². The van der Waals surface area contributed by atoms with Crippen LogP contribution < -0.4 is 10.6 Å². The minimum Gasteiger partial charge on any atom is -0.368 e. The summed E-state index contributed by atoms with van der Waals surface area (Å²) in [5.41, 5.74) is 4.80. The number of rotatable bonds is 5. The van der Waals surface area contributed by atoms with Crippen molar-refractivity contribution in [1.29, 1.82) is 0 Å². The minimum atomic E-state index is -3.74. The second kappa shape index (κ2) is 4.91. The Balaban J connectivity index is 2.78. The van der Waals surface area contributed by atoms with E-state index in [1.807, 2.05) is 4.89 Å². The maximum atomic E-state index is 11.7. The van der Waals surface area contributed by atoms with Gasteiger partial charge >= 0.3 is 0 Å². The number of thiophene rings is 1. The molecule has 0 atom stereocenters. The molecule has 1 aromatic rings. The van der Waals surface area contributed by atoms with Crippen LogP contribution in [-0.2, 0) is 19.7 Å². The van der Waals surface area contributed by atoms with Crippen LogP contribution in [0.4, 0.5) is 0 Å². The third-order valence-electron chi connectivity index (χ3n) is 1.67. The van der Waals surface area contributed by atoms with Crippen molar-refractivity contribution >= 4 is 27.3 Å². The van der Waals surface area contributed by atoms with Crippen molar-refractivity contribution < 1.29 is 18.0 Å². The fourth-order valence-corrected chi connectivity index (χ4v) is 3.46. The Morgan fingerprint density at radius 2 is 2.19 bits per heavy atom. The van der Waals surface area contributed by atoms with Gasteiger partial charge in [0.2, 0.25) is 5.91 Å².